The average molecular weight is 502 g/mol. The summed E-state index contributed by atoms with van der Waals surface area (Å²) in [6.07, 6.45) is 0.129. The monoisotopic (exact) mass is 501 g/mol. The van der Waals surface area contributed by atoms with Gasteiger partial charge in [-0.25, -0.2) is 4.79 Å². The summed E-state index contributed by atoms with van der Waals surface area (Å²) >= 11 is 1.05. The molecule has 0 atom stereocenters. The van der Waals surface area contributed by atoms with E-state index in [9.17, 15) is 14.7 Å². The Morgan fingerprint density at radius 1 is 0.917 bits per heavy atom. The lowest BCUT2D eigenvalue weighted by Crippen LogP contribution is -2.17. The molecule has 1 aliphatic heterocycles. The predicted octanol–water partition coefficient (Wildman–Crippen LogP) is 4.49. The highest BCUT2D eigenvalue weighted by Crippen LogP contribution is 2.34. The number of carboxylic acids is 1. The van der Waals surface area contributed by atoms with Crippen LogP contribution in [0.15, 0.2) is 66.2 Å². The molecule has 0 amide bonds. The van der Waals surface area contributed by atoms with E-state index in [1.807, 2.05) is 43.3 Å². The van der Waals surface area contributed by atoms with Crippen LogP contribution in [0, 0.1) is 0 Å². The van der Waals surface area contributed by atoms with E-state index in [2.05, 4.69) is 8.75 Å². The van der Waals surface area contributed by atoms with Crippen LogP contribution in [-0.2, 0) is 11.2 Å². The second-order valence-corrected chi connectivity index (χ2v) is 9.08. The number of benzene rings is 3. The van der Waals surface area contributed by atoms with E-state index >= 15 is 0 Å². The molecule has 1 aliphatic rings. The smallest absolute Gasteiger partial charge is 0.336 e. The molecule has 0 bridgehead atoms. The minimum atomic E-state index is -1.19. The van der Waals surface area contributed by atoms with Crippen LogP contribution in [0.1, 0.15) is 21.5 Å². The summed E-state index contributed by atoms with van der Waals surface area (Å²) < 4.78 is 19.7. The molecule has 0 saturated heterocycles. The molecule has 0 fully saturated rings. The summed E-state index contributed by atoms with van der Waals surface area (Å²) in [6.45, 7) is 0.817. The Balaban J connectivity index is 1.67. The first-order valence-electron chi connectivity index (χ1n) is 11.3. The van der Waals surface area contributed by atoms with Gasteiger partial charge in [0.15, 0.2) is 17.3 Å². The van der Waals surface area contributed by atoms with Crippen LogP contribution < -0.4 is 14.4 Å². The molecular weight excluding hydrogens is 478 g/mol. The summed E-state index contributed by atoms with van der Waals surface area (Å²) in [5.41, 5.74) is 3.84. The number of carboxylic acid groups (broad SMARTS) is 1. The van der Waals surface area contributed by atoms with Crippen molar-refractivity contribution in [1.29, 1.82) is 0 Å². The molecular formula is C27H23N3O5S. The fraction of sp³-hybridized carbons (Fsp3) is 0.185. The van der Waals surface area contributed by atoms with Gasteiger partial charge < -0.3 is 19.5 Å². The van der Waals surface area contributed by atoms with Crippen molar-refractivity contribution in [3.8, 4) is 11.5 Å². The van der Waals surface area contributed by atoms with Gasteiger partial charge in [-0.15, -0.1) is 0 Å². The molecule has 3 aromatic carbocycles. The van der Waals surface area contributed by atoms with Crippen molar-refractivity contribution >= 4 is 45.8 Å². The molecule has 5 rings (SSSR count). The number of rotatable bonds is 7. The summed E-state index contributed by atoms with van der Waals surface area (Å²) in [5, 5.41) is 10.3. The number of ketones is 1. The number of fused-ring (bicyclic) bond motifs is 2. The molecule has 36 heavy (non-hydrogen) atoms. The zero-order valence-electron chi connectivity index (χ0n) is 19.7. The molecule has 182 valence electrons. The number of hydrogen-bond acceptors (Lipinski definition) is 8. The van der Waals surface area contributed by atoms with Gasteiger partial charge >= 0.3 is 5.97 Å². The number of carbonyl (C=O) groups is 2. The van der Waals surface area contributed by atoms with Crippen molar-refractivity contribution in [2.75, 3.05) is 32.2 Å². The fourth-order valence-electron chi connectivity index (χ4n) is 4.15. The van der Waals surface area contributed by atoms with Crippen molar-refractivity contribution in [3.63, 3.8) is 0 Å². The molecule has 1 aromatic heterocycles. The highest BCUT2D eigenvalue weighted by molar-refractivity contribution is 7.00. The van der Waals surface area contributed by atoms with Crippen molar-refractivity contribution < 1.29 is 24.2 Å². The third kappa shape index (κ3) is 4.65. The van der Waals surface area contributed by atoms with Gasteiger partial charge in [-0.3, -0.25) is 4.79 Å². The minimum absolute atomic E-state index is 0.0694. The van der Waals surface area contributed by atoms with Gasteiger partial charge in [-0.05, 0) is 53.6 Å². The van der Waals surface area contributed by atoms with Crippen LogP contribution in [0.5, 0.6) is 11.5 Å². The third-order valence-corrected chi connectivity index (χ3v) is 6.50. The summed E-state index contributed by atoms with van der Waals surface area (Å²) in [6, 6.07) is 17.7. The van der Waals surface area contributed by atoms with E-state index in [-0.39, 0.29) is 17.6 Å². The summed E-state index contributed by atoms with van der Waals surface area (Å²) in [5.74, 6) is -0.562. The van der Waals surface area contributed by atoms with E-state index in [0.29, 0.717) is 46.9 Å². The lowest BCUT2D eigenvalue weighted by Gasteiger charge is -2.19. The number of carbonyl (C=O) groups excluding carboxylic acids is 1. The maximum Gasteiger partial charge on any atom is 0.336 e. The van der Waals surface area contributed by atoms with Crippen molar-refractivity contribution in [2.24, 2.45) is 0 Å². The number of nitrogens with zero attached hydrogens (tertiary/aromatic N) is 3. The van der Waals surface area contributed by atoms with Crippen molar-refractivity contribution in [3.05, 3.63) is 82.9 Å². The van der Waals surface area contributed by atoms with Gasteiger partial charge in [0.2, 0.25) is 0 Å². The molecule has 0 unspecified atom stereocenters. The normalized spacial score (nSPS) is 13.3. The van der Waals surface area contributed by atoms with Crippen molar-refractivity contribution in [2.45, 2.75) is 6.42 Å². The Bertz CT molecular complexity index is 1510. The zero-order valence-corrected chi connectivity index (χ0v) is 20.5. The Labute approximate surface area is 211 Å². The van der Waals surface area contributed by atoms with Gasteiger partial charge in [0, 0.05) is 37.3 Å². The number of Topliss-reactive ketones (excluding diaryl/α,β-unsaturated/α-hetero) is 1. The van der Waals surface area contributed by atoms with Gasteiger partial charge in [-0.1, -0.05) is 18.2 Å². The maximum absolute atomic E-state index is 13.9. The van der Waals surface area contributed by atoms with Crippen LogP contribution >= 0.6 is 11.7 Å². The summed E-state index contributed by atoms with van der Waals surface area (Å²) in [4.78, 5) is 28.5. The molecule has 0 spiro atoms. The molecule has 8 nitrogen and oxygen atoms in total. The van der Waals surface area contributed by atoms with Crippen LogP contribution in [0.4, 0.5) is 5.69 Å². The Morgan fingerprint density at radius 3 is 2.44 bits per heavy atom. The van der Waals surface area contributed by atoms with Gasteiger partial charge in [0.1, 0.15) is 24.2 Å². The van der Waals surface area contributed by atoms with Crippen LogP contribution in [0.2, 0.25) is 0 Å². The van der Waals surface area contributed by atoms with Gasteiger partial charge in [0.25, 0.3) is 0 Å². The van der Waals surface area contributed by atoms with Crippen molar-refractivity contribution in [1.82, 2.24) is 8.75 Å². The molecule has 4 aromatic rings. The lowest BCUT2D eigenvalue weighted by atomic mass is 9.89. The summed E-state index contributed by atoms with van der Waals surface area (Å²) in [7, 11) is 3.85. The van der Waals surface area contributed by atoms with E-state index in [1.165, 1.54) is 0 Å². The Hall–Kier alpha value is -4.24. The van der Waals surface area contributed by atoms with Crippen LogP contribution in [-0.4, -0.2) is 52.9 Å². The first kappa shape index (κ1) is 23.5. The Kier molecular flexibility index (Phi) is 6.39. The van der Waals surface area contributed by atoms with Crippen LogP contribution in [0.25, 0.3) is 16.6 Å². The number of allylic oxidation sites excluding steroid dienone is 1. The Morgan fingerprint density at radius 2 is 1.67 bits per heavy atom. The first-order chi connectivity index (χ1) is 17.4. The number of aromatic nitrogens is 2. The van der Waals surface area contributed by atoms with Gasteiger partial charge in [0.05, 0.1) is 17.3 Å². The first-order valence-corrected chi connectivity index (χ1v) is 12.0. The lowest BCUT2D eigenvalue weighted by molar-refractivity contribution is -0.130. The van der Waals surface area contributed by atoms with E-state index < -0.39 is 11.8 Å². The largest absolute Gasteiger partial charge is 0.486 e. The highest BCUT2D eigenvalue weighted by atomic mass is 32.1. The fourth-order valence-corrected chi connectivity index (χ4v) is 4.67. The van der Waals surface area contributed by atoms with Gasteiger partial charge in [-0.2, -0.15) is 8.75 Å². The third-order valence-electron chi connectivity index (χ3n) is 5.94. The molecule has 2 heterocycles. The SMILES string of the molecule is CN(C)c1cccc(C/C(C(=O)c2ccc3c(c2)OCCO3)=C(\C(=O)O)c2ccc3nsnc3c2)c1. The second kappa shape index (κ2) is 9.79. The zero-order chi connectivity index (χ0) is 25.2. The minimum Gasteiger partial charge on any atom is -0.486 e. The van der Waals surface area contributed by atoms with E-state index in [4.69, 9.17) is 9.47 Å². The quantitative estimate of drug-likeness (QED) is 0.292. The highest BCUT2D eigenvalue weighted by Gasteiger charge is 2.26. The molecule has 0 radical (unpaired) electrons. The molecule has 1 N–H and O–H groups in total. The van der Waals surface area contributed by atoms with E-state index in [0.717, 1.165) is 23.0 Å². The number of anilines is 1. The average Bonchev–Trinajstić information content (AvgIpc) is 3.35. The standard InChI is InChI=1S/C27H23N3O5S/c1-30(2)19-5-3-4-16(12-19)13-20(26(31)18-7-9-23-24(15-18)35-11-10-34-23)25(27(32)33)17-6-8-21-22(14-17)29-36-28-21/h3-9,12,14-15H,10-11,13H2,1-2H3,(H,32,33)/b25-20+. The number of hydrogen-bond donors (Lipinski definition) is 1. The maximum atomic E-state index is 13.9. The topological polar surface area (TPSA) is 102 Å². The second-order valence-electron chi connectivity index (χ2n) is 8.56. The molecule has 0 aliphatic carbocycles. The van der Waals surface area contributed by atoms with E-state index in [1.54, 1.807) is 36.4 Å². The number of ether oxygens (including phenoxy) is 2. The molecule has 0 saturated carbocycles. The van der Waals surface area contributed by atoms with Crippen LogP contribution in [0.3, 0.4) is 0 Å². The molecule has 9 heteroatoms. The number of aliphatic carboxylic acids is 1. The predicted molar refractivity (Wildman–Crippen MR) is 138 cm³/mol.